The average Bonchev–Trinajstić information content (AvgIpc) is 3.24. The van der Waals surface area contributed by atoms with Gasteiger partial charge >= 0.3 is 0 Å². The number of pyridine rings is 2. The molecule has 0 fully saturated rings. The Hall–Kier alpha value is -7.16. The molecule has 0 aliphatic carbocycles. The minimum atomic E-state index is 1.02. The standard InChI is InChI=1S/C52H32N2/c1-2-13-34(14-3-1)49-43-18-8-6-16-41(43)47(45-20-10-28-53-51(45)49)38-26-23-37-32-39(27-24-36(37)31-38)48-42-17-7-9-19-44(42)50(52-46(48)21-11-29-54-52)40-25-22-33-12-4-5-15-35(33)30-40/h1-32H. The molecule has 0 atom stereocenters. The number of hydrogen-bond acceptors (Lipinski definition) is 2. The molecule has 9 aromatic carbocycles. The van der Waals surface area contributed by atoms with Gasteiger partial charge in [-0.15, -0.1) is 0 Å². The summed E-state index contributed by atoms with van der Waals surface area (Å²) in [6.07, 6.45) is 3.83. The first-order valence-corrected chi connectivity index (χ1v) is 18.5. The van der Waals surface area contributed by atoms with Gasteiger partial charge in [0.15, 0.2) is 0 Å². The van der Waals surface area contributed by atoms with E-state index in [1.54, 1.807) is 0 Å². The molecule has 0 saturated heterocycles. The maximum atomic E-state index is 5.05. The second kappa shape index (κ2) is 12.2. The van der Waals surface area contributed by atoms with Gasteiger partial charge in [0.1, 0.15) is 0 Å². The minimum absolute atomic E-state index is 1.02. The highest BCUT2D eigenvalue weighted by atomic mass is 14.7. The van der Waals surface area contributed by atoms with Crippen LogP contribution in [0.1, 0.15) is 0 Å². The molecule has 11 aromatic rings. The monoisotopic (exact) mass is 684 g/mol. The highest BCUT2D eigenvalue weighted by molar-refractivity contribution is 6.22. The maximum Gasteiger partial charge on any atom is 0.0792 e. The topological polar surface area (TPSA) is 25.8 Å². The van der Waals surface area contributed by atoms with Crippen LogP contribution >= 0.6 is 0 Å². The number of aromatic nitrogens is 2. The minimum Gasteiger partial charge on any atom is -0.256 e. The number of rotatable bonds is 4. The first kappa shape index (κ1) is 30.5. The van der Waals surface area contributed by atoms with E-state index < -0.39 is 0 Å². The van der Waals surface area contributed by atoms with Crippen molar-refractivity contribution in [2.45, 2.75) is 0 Å². The summed E-state index contributed by atoms with van der Waals surface area (Å²) in [4.78, 5) is 10.0. The molecule has 0 radical (unpaired) electrons. The van der Waals surface area contributed by atoms with E-state index in [0.717, 1.165) is 21.8 Å². The molecule has 0 amide bonds. The van der Waals surface area contributed by atoms with E-state index in [1.165, 1.54) is 87.6 Å². The maximum absolute atomic E-state index is 5.05. The summed E-state index contributed by atoms with van der Waals surface area (Å²) in [6.45, 7) is 0. The van der Waals surface area contributed by atoms with E-state index in [9.17, 15) is 0 Å². The summed E-state index contributed by atoms with van der Waals surface area (Å²) in [5, 5.41) is 12.0. The van der Waals surface area contributed by atoms with Crippen LogP contribution in [0.4, 0.5) is 0 Å². The van der Waals surface area contributed by atoms with Crippen LogP contribution < -0.4 is 0 Å². The van der Waals surface area contributed by atoms with Crippen LogP contribution in [0.2, 0.25) is 0 Å². The van der Waals surface area contributed by atoms with Crippen LogP contribution in [0.15, 0.2) is 194 Å². The Morgan fingerprint density at radius 1 is 0.241 bits per heavy atom. The lowest BCUT2D eigenvalue weighted by molar-refractivity contribution is 1.42. The van der Waals surface area contributed by atoms with Crippen molar-refractivity contribution in [1.29, 1.82) is 0 Å². The van der Waals surface area contributed by atoms with E-state index in [-0.39, 0.29) is 0 Å². The number of hydrogen-bond donors (Lipinski definition) is 0. The summed E-state index contributed by atoms with van der Waals surface area (Å²) in [7, 11) is 0. The van der Waals surface area contributed by atoms with Crippen LogP contribution in [0.5, 0.6) is 0 Å². The fourth-order valence-corrected chi connectivity index (χ4v) is 8.71. The highest BCUT2D eigenvalue weighted by Gasteiger charge is 2.20. The molecule has 11 rings (SSSR count). The van der Waals surface area contributed by atoms with Crippen molar-refractivity contribution in [3.8, 4) is 44.5 Å². The number of fused-ring (bicyclic) bond motifs is 6. The summed E-state index contributed by atoms with van der Waals surface area (Å²) < 4.78 is 0. The van der Waals surface area contributed by atoms with Crippen LogP contribution in [-0.2, 0) is 0 Å². The quantitative estimate of drug-likeness (QED) is 0.172. The van der Waals surface area contributed by atoms with E-state index >= 15 is 0 Å². The molecule has 2 aromatic heterocycles. The Labute approximate surface area is 312 Å². The van der Waals surface area contributed by atoms with Crippen molar-refractivity contribution >= 4 is 64.9 Å². The Morgan fingerprint density at radius 3 is 1.15 bits per heavy atom. The highest BCUT2D eigenvalue weighted by Crippen LogP contribution is 2.46. The van der Waals surface area contributed by atoms with E-state index in [4.69, 9.17) is 9.97 Å². The third kappa shape index (κ3) is 4.74. The van der Waals surface area contributed by atoms with Gasteiger partial charge in [-0.25, -0.2) is 0 Å². The van der Waals surface area contributed by atoms with Crippen molar-refractivity contribution in [3.05, 3.63) is 194 Å². The van der Waals surface area contributed by atoms with Crippen molar-refractivity contribution in [1.82, 2.24) is 9.97 Å². The fraction of sp³-hybridized carbons (Fsp3) is 0. The van der Waals surface area contributed by atoms with E-state index in [0.29, 0.717) is 0 Å². The van der Waals surface area contributed by atoms with Gasteiger partial charge in [-0.1, -0.05) is 152 Å². The number of benzene rings is 9. The van der Waals surface area contributed by atoms with Gasteiger partial charge in [0, 0.05) is 34.3 Å². The second-order valence-corrected chi connectivity index (χ2v) is 14.1. The van der Waals surface area contributed by atoms with Crippen molar-refractivity contribution < 1.29 is 0 Å². The van der Waals surface area contributed by atoms with Crippen LogP contribution in [0, 0.1) is 0 Å². The van der Waals surface area contributed by atoms with E-state index in [1.807, 2.05) is 12.4 Å². The van der Waals surface area contributed by atoms with Gasteiger partial charge in [0.2, 0.25) is 0 Å². The van der Waals surface area contributed by atoms with Gasteiger partial charge < -0.3 is 0 Å². The van der Waals surface area contributed by atoms with Gasteiger partial charge in [-0.05, 0) is 107 Å². The lowest BCUT2D eigenvalue weighted by Crippen LogP contribution is -1.93. The lowest BCUT2D eigenvalue weighted by atomic mass is 9.86. The molecule has 2 nitrogen and oxygen atoms in total. The molecule has 0 N–H and O–H groups in total. The smallest absolute Gasteiger partial charge is 0.0792 e. The van der Waals surface area contributed by atoms with Crippen LogP contribution in [0.25, 0.3) is 109 Å². The summed E-state index contributed by atoms with van der Waals surface area (Å²) >= 11 is 0. The summed E-state index contributed by atoms with van der Waals surface area (Å²) in [5.41, 5.74) is 11.5. The molecule has 0 unspecified atom stereocenters. The Kier molecular flexibility index (Phi) is 6.90. The van der Waals surface area contributed by atoms with Crippen molar-refractivity contribution in [3.63, 3.8) is 0 Å². The normalized spacial score (nSPS) is 11.7. The molecule has 54 heavy (non-hydrogen) atoms. The SMILES string of the molecule is c1ccc(-c2c3ccccc3c(-c3ccc4cc(-c5c6ccccc6c(-c6ccc7ccccc7c6)c6ncccc56)ccc4c3)c3cccnc23)cc1. The molecular formula is C52H32N2. The van der Waals surface area contributed by atoms with Crippen LogP contribution in [0.3, 0.4) is 0 Å². The molecule has 0 saturated carbocycles. The van der Waals surface area contributed by atoms with Gasteiger partial charge in [-0.3, -0.25) is 9.97 Å². The molecule has 0 aliphatic heterocycles. The van der Waals surface area contributed by atoms with Crippen LogP contribution in [-0.4, -0.2) is 9.97 Å². The average molecular weight is 685 g/mol. The van der Waals surface area contributed by atoms with Gasteiger partial charge in [0.05, 0.1) is 11.0 Å². The van der Waals surface area contributed by atoms with Gasteiger partial charge in [-0.2, -0.15) is 0 Å². The zero-order chi connectivity index (χ0) is 35.6. The first-order valence-electron chi connectivity index (χ1n) is 18.5. The largest absolute Gasteiger partial charge is 0.256 e. The second-order valence-electron chi connectivity index (χ2n) is 14.1. The molecule has 2 heteroatoms. The Bertz CT molecular complexity index is 3160. The molecule has 0 spiro atoms. The third-order valence-corrected chi connectivity index (χ3v) is 11.1. The predicted molar refractivity (Wildman–Crippen MR) is 229 cm³/mol. The van der Waals surface area contributed by atoms with Crippen molar-refractivity contribution in [2.24, 2.45) is 0 Å². The summed E-state index contributed by atoms with van der Waals surface area (Å²) in [5.74, 6) is 0. The Morgan fingerprint density at radius 2 is 0.611 bits per heavy atom. The Balaban J connectivity index is 1.10. The first-order chi connectivity index (χ1) is 26.8. The molecule has 0 aliphatic rings. The zero-order valence-electron chi connectivity index (χ0n) is 29.4. The molecular weight excluding hydrogens is 653 g/mol. The van der Waals surface area contributed by atoms with E-state index in [2.05, 4.69) is 182 Å². The van der Waals surface area contributed by atoms with Gasteiger partial charge in [0.25, 0.3) is 0 Å². The zero-order valence-corrected chi connectivity index (χ0v) is 29.4. The summed E-state index contributed by atoms with van der Waals surface area (Å²) in [6, 6.07) is 65.9. The fourth-order valence-electron chi connectivity index (χ4n) is 8.71. The van der Waals surface area contributed by atoms with Crippen molar-refractivity contribution in [2.75, 3.05) is 0 Å². The lowest BCUT2D eigenvalue weighted by Gasteiger charge is -2.18. The molecule has 0 bridgehead atoms. The third-order valence-electron chi connectivity index (χ3n) is 11.1. The predicted octanol–water partition coefficient (Wildman–Crippen LogP) is 14.1. The molecule has 250 valence electrons. The molecule has 2 heterocycles. The number of nitrogens with zero attached hydrogens (tertiary/aromatic N) is 2.